The van der Waals surface area contributed by atoms with Crippen molar-refractivity contribution < 1.29 is 9.90 Å². The Balaban J connectivity index is 1.67. The molecular formula is C17H21N3O2. The van der Waals surface area contributed by atoms with Gasteiger partial charge in [0.25, 0.3) is 0 Å². The second-order valence-corrected chi connectivity index (χ2v) is 5.83. The van der Waals surface area contributed by atoms with E-state index >= 15 is 0 Å². The van der Waals surface area contributed by atoms with Crippen LogP contribution < -0.4 is 0 Å². The summed E-state index contributed by atoms with van der Waals surface area (Å²) >= 11 is 0. The minimum atomic E-state index is -0.396. The number of hydrogen-bond acceptors (Lipinski definition) is 3. The number of likely N-dealkylation sites (tertiary alicyclic amines) is 1. The molecular weight excluding hydrogens is 278 g/mol. The fourth-order valence-corrected chi connectivity index (χ4v) is 2.92. The van der Waals surface area contributed by atoms with Gasteiger partial charge >= 0.3 is 0 Å². The first-order valence-corrected chi connectivity index (χ1v) is 7.68. The van der Waals surface area contributed by atoms with Crippen molar-refractivity contribution >= 4 is 5.91 Å². The van der Waals surface area contributed by atoms with E-state index in [1.807, 2.05) is 10.9 Å². The number of rotatable bonds is 3. The molecule has 1 aromatic carbocycles. The zero-order chi connectivity index (χ0) is 15.5. The summed E-state index contributed by atoms with van der Waals surface area (Å²) < 4.78 is 1.90. The van der Waals surface area contributed by atoms with Crippen LogP contribution in [0.3, 0.4) is 0 Å². The highest BCUT2D eigenvalue weighted by molar-refractivity contribution is 5.77. The Hall–Kier alpha value is -2.14. The first-order chi connectivity index (χ1) is 10.7. The second-order valence-electron chi connectivity index (χ2n) is 5.83. The van der Waals surface area contributed by atoms with E-state index in [9.17, 15) is 4.79 Å². The fourth-order valence-electron chi connectivity index (χ4n) is 2.92. The Bertz CT molecular complexity index is 640. The number of aliphatic hydroxyl groups is 1. The van der Waals surface area contributed by atoms with Gasteiger partial charge in [-0.3, -0.25) is 4.79 Å². The molecule has 2 heterocycles. The van der Waals surface area contributed by atoms with Crippen molar-refractivity contribution in [1.29, 1.82) is 0 Å². The van der Waals surface area contributed by atoms with E-state index in [0.29, 0.717) is 19.0 Å². The van der Waals surface area contributed by atoms with Gasteiger partial charge in [0, 0.05) is 25.2 Å². The minimum absolute atomic E-state index is 0.177. The van der Waals surface area contributed by atoms with Gasteiger partial charge in [0.2, 0.25) is 5.91 Å². The Morgan fingerprint density at radius 2 is 1.91 bits per heavy atom. The number of aromatic nitrogens is 2. The van der Waals surface area contributed by atoms with Crippen molar-refractivity contribution in [2.24, 2.45) is 0 Å². The molecule has 1 aliphatic heterocycles. The summed E-state index contributed by atoms with van der Waals surface area (Å²) in [5.41, 5.74) is 3.37. The molecule has 2 aromatic rings. The third-order valence-electron chi connectivity index (χ3n) is 4.31. The van der Waals surface area contributed by atoms with Crippen LogP contribution in [0.25, 0.3) is 5.69 Å². The van der Waals surface area contributed by atoms with E-state index in [0.717, 1.165) is 24.2 Å². The molecule has 116 valence electrons. The van der Waals surface area contributed by atoms with Crippen LogP contribution in [0.1, 0.15) is 30.0 Å². The zero-order valence-electron chi connectivity index (χ0n) is 12.8. The van der Waals surface area contributed by atoms with E-state index in [2.05, 4.69) is 42.4 Å². The summed E-state index contributed by atoms with van der Waals surface area (Å²) in [7, 11) is 0. The van der Waals surface area contributed by atoms with Gasteiger partial charge in [0.1, 0.15) is 6.61 Å². The predicted octanol–water partition coefficient (Wildman–Crippen LogP) is 1.88. The van der Waals surface area contributed by atoms with E-state index in [4.69, 9.17) is 5.11 Å². The van der Waals surface area contributed by atoms with Crippen molar-refractivity contribution in [2.45, 2.75) is 25.7 Å². The van der Waals surface area contributed by atoms with Gasteiger partial charge in [-0.2, -0.15) is 5.10 Å². The molecule has 1 N–H and O–H groups in total. The third-order valence-corrected chi connectivity index (χ3v) is 4.31. The van der Waals surface area contributed by atoms with Crippen LogP contribution in [0.2, 0.25) is 0 Å². The van der Waals surface area contributed by atoms with Gasteiger partial charge in [0.15, 0.2) is 0 Å². The van der Waals surface area contributed by atoms with Crippen LogP contribution in [-0.2, 0) is 4.79 Å². The summed E-state index contributed by atoms with van der Waals surface area (Å²) in [6.07, 6.45) is 3.79. The molecule has 22 heavy (non-hydrogen) atoms. The maximum Gasteiger partial charge on any atom is 0.248 e. The minimum Gasteiger partial charge on any atom is -0.387 e. The standard InChI is InChI=1S/C17H21N3O2/c1-13-2-4-15(5-3-13)20-11-8-16(18-20)14-6-9-19(10-7-14)17(22)12-21/h2-5,8,11,14,21H,6-7,9-10,12H2,1H3. The molecule has 1 fully saturated rings. The summed E-state index contributed by atoms with van der Waals surface area (Å²) in [4.78, 5) is 13.2. The summed E-state index contributed by atoms with van der Waals surface area (Å²) in [5, 5.41) is 13.6. The largest absolute Gasteiger partial charge is 0.387 e. The van der Waals surface area contributed by atoms with Crippen molar-refractivity contribution in [3.63, 3.8) is 0 Å². The van der Waals surface area contributed by atoms with Crippen molar-refractivity contribution in [1.82, 2.24) is 14.7 Å². The maximum absolute atomic E-state index is 11.5. The molecule has 0 unspecified atom stereocenters. The summed E-state index contributed by atoms with van der Waals surface area (Å²) in [5.74, 6) is 0.207. The highest BCUT2D eigenvalue weighted by Crippen LogP contribution is 2.27. The third kappa shape index (κ3) is 3.04. The number of aliphatic hydroxyl groups excluding tert-OH is 1. The molecule has 0 atom stereocenters. The van der Waals surface area contributed by atoms with Crippen LogP contribution in [0.5, 0.6) is 0 Å². The van der Waals surface area contributed by atoms with Crippen LogP contribution in [0, 0.1) is 6.92 Å². The predicted molar refractivity (Wildman–Crippen MR) is 83.9 cm³/mol. The quantitative estimate of drug-likeness (QED) is 0.941. The van der Waals surface area contributed by atoms with Gasteiger partial charge in [-0.1, -0.05) is 17.7 Å². The number of piperidine rings is 1. The van der Waals surface area contributed by atoms with E-state index < -0.39 is 6.61 Å². The molecule has 5 heteroatoms. The van der Waals surface area contributed by atoms with E-state index in [1.165, 1.54) is 5.56 Å². The molecule has 3 rings (SSSR count). The topological polar surface area (TPSA) is 58.4 Å². The van der Waals surface area contributed by atoms with Crippen LogP contribution >= 0.6 is 0 Å². The zero-order valence-corrected chi connectivity index (χ0v) is 12.8. The molecule has 1 saturated heterocycles. The lowest BCUT2D eigenvalue weighted by Crippen LogP contribution is -2.39. The lowest BCUT2D eigenvalue weighted by molar-refractivity contribution is -0.135. The molecule has 0 aliphatic carbocycles. The molecule has 0 bridgehead atoms. The highest BCUT2D eigenvalue weighted by atomic mass is 16.3. The van der Waals surface area contributed by atoms with Gasteiger partial charge in [0.05, 0.1) is 11.4 Å². The van der Waals surface area contributed by atoms with E-state index in [-0.39, 0.29) is 5.91 Å². The van der Waals surface area contributed by atoms with Gasteiger partial charge in [-0.25, -0.2) is 4.68 Å². The van der Waals surface area contributed by atoms with Gasteiger partial charge < -0.3 is 10.0 Å². The molecule has 0 saturated carbocycles. The monoisotopic (exact) mass is 299 g/mol. The van der Waals surface area contributed by atoms with Crippen molar-refractivity contribution in [2.75, 3.05) is 19.7 Å². The Kier molecular flexibility index (Phi) is 4.24. The Morgan fingerprint density at radius 1 is 1.23 bits per heavy atom. The molecule has 5 nitrogen and oxygen atoms in total. The number of carbonyl (C=O) groups excluding carboxylic acids is 1. The first-order valence-electron chi connectivity index (χ1n) is 7.68. The average molecular weight is 299 g/mol. The maximum atomic E-state index is 11.5. The number of aryl methyl sites for hydroxylation is 1. The highest BCUT2D eigenvalue weighted by Gasteiger charge is 2.24. The van der Waals surface area contributed by atoms with Crippen LogP contribution in [0.15, 0.2) is 36.5 Å². The van der Waals surface area contributed by atoms with Crippen molar-refractivity contribution in [3.05, 3.63) is 47.8 Å². The molecule has 0 radical (unpaired) electrons. The average Bonchev–Trinajstić information content (AvgIpc) is 3.05. The summed E-state index contributed by atoms with van der Waals surface area (Å²) in [6.45, 7) is 3.06. The SMILES string of the molecule is Cc1ccc(-n2ccc(C3CCN(C(=O)CO)CC3)n2)cc1. The van der Waals surface area contributed by atoms with E-state index in [1.54, 1.807) is 4.90 Å². The number of hydrogen-bond donors (Lipinski definition) is 1. The van der Waals surface area contributed by atoms with Crippen LogP contribution in [-0.4, -0.2) is 45.4 Å². The normalized spacial score (nSPS) is 16.0. The lowest BCUT2D eigenvalue weighted by Gasteiger charge is -2.30. The summed E-state index contributed by atoms with van der Waals surface area (Å²) in [6, 6.07) is 10.3. The Labute approximate surface area is 130 Å². The van der Waals surface area contributed by atoms with Gasteiger partial charge in [-0.15, -0.1) is 0 Å². The lowest BCUT2D eigenvalue weighted by atomic mass is 9.94. The fraction of sp³-hybridized carbons (Fsp3) is 0.412. The molecule has 1 amide bonds. The second kappa shape index (κ2) is 6.32. The smallest absolute Gasteiger partial charge is 0.248 e. The van der Waals surface area contributed by atoms with Gasteiger partial charge in [-0.05, 0) is 38.0 Å². The number of benzene rings is 1. The molecule has 1 aliphatic rings. The van der Waals surface area contributed by atoms with Crippen LogP contribution in [0.4, 0.5) is 0 Å². The number of carbonyl (C=O) groups is 1. The molecule has 1 aromatic heterocycles. The Morgan fingerprint density at radius 3 is 2.55 bits per heavy atom. The number of amides is 1. The van der Waals surface area contributed by atoms with Crippen molar-refractivity contribution in [3.8, 4) is 5.69 Å². The molecule has 0 spiro atoms. The number of nitrogens with zero attached hydrogens (tertiary/aromatic N) is 3. The first kappa shape index (κ1) is 14.8.